The minimum atomic E-state index is 0.297. The fraction of sp³-hybridized carbons (Fsp3) is 0.765. The summed E-state index contributed by atoms with van der Waals surface area (Å²) in [5.41, 5.74) is 0.297. The van der Waals surface area contributed by atoms with Crippen LogP contribution >= 0.6 is 11.3 Å². The molecule has 1 aliphatic carbocycles. The van der Waals surface area contributed by atoms with Crippen LogP contribution in [-0.4, -0.2) is 6.54 Å². The van der Waals surface area contributed by atoms with E-state index in [1.807, 2.05) is 11.3 Å². The fourth-order valence-electron chi connectivity index (χ4n) is 2.87. The average molecular weight is 279 g/mol. The van der Waals surface area contributed by atoms with Gasteiger partial charge in [-0.3, -0.25) is 0 Å². The predicted octanol–water partition coefficient (Wildman–Crippen LogP) is 5.11. The summed E-state index contributed by atoms with van der Waals surface area (Å²) in [5.74, 6) is 0.995. The summed E-state index contributed by atoms with van der Waals surface area (Å²) in [5, 5.41) is 3.62. The zero-order valence-electron chi connectivity index (χ0n) is 12.8. The summed E-state index contributed by atoms with van der Waals surface area (Å²) in [6.07, 6.45) is 8.70. The molecule has 1 heterocycles. The van der Waals surface area contributed by atoms with Gasteiger partial charge in [-0.1, -0.05) is 52.9 Å². The molecule has 0 atom stereocenters. The van der Waals surface area contributed by atoms with Gasteiger partial charge in [0, 0.05) is 16.3 Å². The van der Waals surface area contributed by atoms with Gasteiger partial charge in [0.1, 0.15) is 0 Å². The van der Waals surface area contributed by atoms with Gasteiger partial charge < -0.3 is 5.32 Å². The van der Waals surface area contributed by atoms with E-state index < -0.39 is 0 Å². The molecular weight excluding hydrogens is 250 g/mol. The molecule has 0 bridgehead atoms. The van der Waals surface area contributed by atoms with Crippen LogP contribution in [0.5, 0.6) is 0 Å². The van der Waals surface area contributed by atoms with Crippen LogP contribution in [0.2, 0.25) is 0 Å². The van der Waals surface area contributed by atoms with Crippen molar-refractivity contribution in [3.8, 4) is 0 Å². The van der Waals surface area contributed by atoms with Crippen molar-refractivity contribution in [2.24, 2.45) is 5.92 Å². The summed E-state index contributed by atoms with van der Waals surface area (Å²) in [7, 11) is 0. The molecule has 1 aromatic heterocycles. The monoisotopic (exact) mass is 279 g/mol. The van der Waals surface area contributed by atoms with E-state index in [1.54, 1.807) is 0 Å². The number of nitrogens with one attached hydrogen (secondary N) is 1. The highest BCUT2D eigenvalue weighted by molar-refractivity contribution is 7.12. The zero-order chi connectivity index (χ0) is 13.7. The van der Waals surface area contributed by atoms with E-state index in [0.717, 1.165) is 12.5 Å². The van der Waals surface area contributed by atoms with E-state index in [9.17, 15) is 0 Å². The minimum Gasteiger partial charge on any atom is -0.312 e. The Morgan fingerprint density at radius 1 is 1.16 bits per heavy atom. The van der Waals surface area contributed by atoms with Crippen LogP contribution in [0, 0.1) is 5.92 Å². The molecular formula is C17H29NS. The lowest BCUT2D eigenvalue weighted by Crippen LogP contribution is -2.18. The highest BCUT2D eigenvalue weighted by Crippen LogP contribution is 2.29. The molecule has 0 unspecified atom stereocenters. The molecule has 108 valence electrons. The van der Waals surface area contributed by atoms with E-state index in [2.05, 4.69) is 38.2 Å². The van der Waals surface area contributed by atoms with Crippen LogP contribution in [0.3, 0.4) is 0 Å². The maximum Gasteiger partial charge on any atom is 0.0299 e. The Balaban J connectivity index is 1.66. The molecule has 1 N–H and O–H groups in total. The van der Waals surface area contributed by atoms with E-state index in [1.165, 1.54) is 54.8 Å². The van der Waals surface area contributed by atoms with Gasteiger partial charge in [-0.25, -0.2) is 0 Å². The highest BCUT2D eigenvalue weighted by atomic mass is 32.1. The molecule has 1 aliphatic rings. The normalized spacial score (nSPS) is 17.8. The lowest BCUT2D eigenvalue weighted by atomic mass is 9.87. The third-order valence-electron chi connectivity index (χ3n) is 4.15. The first-order valence-corrected chi connectivity index (χ1v) is 8.67. The lowest BCUT2D eigenvalue weighted by molar-refractivity contribution is 0.334. The first-order valence-electron chi connectivity index (χ1n) is 7.85. The molecule has 0 spiro atoms. The number of thiophene rings is 1. The summed E-state index contributed by atoms with van der Waals surface area (Å²) in [4.78, 5) is 2.98. The molecule has 2 rings (SSSR count). The number of hydrogen-bond acceptors (Lipinski definition) is 2. The predicted molar refractivity (Wildman–Crippen MR) is 85.9 cm³/mol. The van der Waals surface area contributed by atoms with Crippen molar-refractivity contribution in [2.45, 2.75) is 71.3 Å². The van der Waals surface area contributed by atoms with Crippen molar-refractivity contribution in [1.82, 2.24) is 5.32 Å². The van der Waals surface area contributed by atoms with Crippen LogP contribution in [0.1, 0.15) is 69.1 Å². The smallest absolute Gasteiger partial charge is 0.0299 e. The van der Waals surface area contributed by atoms with Gasteiger partial charge in [0.2, 0.25) is 0 Å². The number of rotatable bonds is 5. The second kappa shape index (κ2) is 6.90. The highest BCUT2D eigenvalue weighted by Gasteiger charge is 2.16. The zero-order valence-corrected chi connectivity index (χ0v) is 13.6. The van der Waals surface area contributed by atoms with E-state index >= 15 is 0 Å². The summed E-state index contributed by atoms with van der Waals surface area (Å²) in [6.45, 7) is 9.11. The van der Waals surface area contributed by atoms with Crippen molar-refractivity contribution in [2.75, 3.05) is 6.54 Å². The molecule has 2 heteroatoms. The van der Waals surface area contributed by atoms with Crippen molar-refractivity contribution in [1.29, 1.82) is 0 Å². The second-order valence-corrected chi connectivity index (χ2v) is 8.15. The maximum absolute atomic E-state index is 3.62. The summed E-state index contributed by atoms with van der Waals surface area (Å²) in [6, 6.07) is 4.58. The number of hydrogen-bond donors (Lipinski definition) is 1. The fourth-order valence-corrected chi connectivity index (χ4v) is 3.90. The molecule has 1 fully saturated rings. The first-order chi connectivity index (χ1) is 9.05. The summed E-state index contributed by atoms with van der Waals surface area (Å²) >= 11 is 1.96. The maximum atomic E-state index is 3.62. The topological polar surface area (TPSA) is 12.0 Å². The largest absolute Gasteiger partial charge is 0.312 e. The van der Waals surface area contributed by atoms with Gasteiger partial charge in [-0.2, -0.15) is 0 Å². The molecule has 0 radical (unpaired) electrons. The van der Waals surface area contributed by atoms with Crippen LogP contribution in [0.4, 0.5) is 0 Å². The lowest BCUT2D eigenvalue weighted by Gasteiger charge is -2.21. The third-order valence-corrected chi connectivity index (χ3v) is 5.67. The van der Waals surface area contributed by atoms with Gasteiger partial charge in [0.25, 0.3) is 0 Å². The molecule has 0 amide bonds. The average Bonchev–Trinajstić information content (AvgIpc) is 2.85. The third kappa shape index (κ3) is 4.92. The van der Waals surface area contributed by atoms with Crippen molar-refractivity contribution < 1.29 is 0 Å². The van der Waals surface area contributed by atoms with E-state index in [-0.39, 0.29) is 0 Å². The molecule has 0 aromatic carbocycles. The van der Waals surface area contributed by atoms with Gasteiger partial charge in [0.05, 0.1) is 0 Å². The minimum absolute atomic E-state index is 0.297. The standard InChI is InChI=1S/C17H29NS/c1-17(2,3)16-10-9-15(19-16)13-18-12-11-14-7-5-4-6-8-14/h9-10,14,18H,4-8,11-13H2,1-3H3. The molecule has 0 saturated heterocycles. The summed E-state index contributed by atoms with van der Waals surface area (Å²) < 4.78 is 0. The Bertz CT molecular complexity index is 369. The molecule has 19 heavy (non-hydrogen) atoms. The Morgan fingerprint density at radius 3 is 2.53 bits per heavy atom. The van der Waals surface area contributed by atoms with E-state index in [4.69, 9.17) is 0 Å². The molecule has 0 aliphatic heterocycles. The van der Waals surface area contributed by atoms with Gasteiger partial charge in [-0.05, 0) is 36.4 Å². The van der Waals surface area contributed by atoms with Crippen LogP contribution < -0.4 is 5.32 Å². The van der Waals surface area contributed by atoms with Crippen molar-refractivity contribution in [3.63, 3.8) is 0 Å². The molecule has 1 aromatic rings. The van der Waals surface area contributed by atoms with Crippen LogP contribution in [0.25, 0.3) is 0 Å². The molecule has 1 nitrogen and oxygen atoms in total. The Hall–Kier alpha value is -0.340. The van der Waals surface area contributed by atoms with Crippen LogP contribution in [-0.2, 0) is 12.0 Å². The SMILES string of the molecule is CC(C)(C)c1ccc(CNCCC2CCCCC2)s1. The second-order valence-electron chi connectivity index (χ2n) is 6.99. The van der Waals surface area contributed by atoms with Crippen molar-refractivity contribution in [3.05, 3.63) is 21.9 Å². The van der Waals surface area contributed by atoms with Crippen molar-refractivity contribution >= 4 is 11.3 Å². The Kier molecular flexibility index (Phi) is 5.47. The van der Waals surface area contributed by atoms with Crippen LogP contribution in [0.15, 0.2) is 12.1 Å². The Morgan fingerprint density at radius 2 is 1.89 bits per heavy atom. The van der Waals surface area contributed by atoms with Gasteiger partial charge in [-0.15, -0.1) is 11.3 Å². The van der Waals surface area contributed by atoms with Gasteiger partial charge in [0.15, 0.2) is 0 Å². The van der Waals surface area contributed by atoms with E-state index in [0.29, 0.717) is 5.41 Å². The quantitative estimate of drug-likeness (QED) is 0.739. The molecule has 1 saturated carbocycles. The first kappa shape index (κ1) is 15.1. The van der Waals surface area contributed by atoms with Gasteiger partial charge >= 0.3 is 0 Å². The Labute approximate surface area is 122 Å².